The molecular weight excluding hydrogens is 452 g/mol. The van der Waals surface area contributed by atoms with Crippen molar-refractivity contribution in [3.63, 3.8) is 0 Å². The zero-order valence-electron chi connectivity index (χ0n) is 18.8. The highest BCUT2D eigenvalue weighted by Gasteiger charge is 2.30. The van der Waals surface area contributed by atoms with Crippen molar-refractivity contribution in [2.24, 2.45) is 0 Å². The molecule has 1 fully saturated rings. The average molecular weight is 479 g/mol. The highest BCUT2D eigenvalue weighted by Crippen LogP contribution is 2.31. The van der Waals surface area contributed by atoms with E-state index in [0.29, 0.717) is 6.54 Å². The molecule has 0 radical (unpaired) electrons. The predicted molar refractivity (Wildman–Crippen MR) is 129 cm³/mol. The second kappa shape index (κ2) is 9.12. The number of benzene rings is 3. The molecule has 176 valence electrons. The van der Waals surface area contributed by atoms with Crippen LogP contribution in [0.1, 0.15) is 34.3 Å². The molecule has 8 heteroatoms. The lowest BCUT2D eigenvalue weighted by Gasteiger charge is -2.12. The van der Waals surface area contributed by atoms with E-state index in [0.717, 1.165) is 48.3 Å². The lowest BCUT2D eigenvalue weighted by atomic mass is 10.0. The summed E-state index contributed by atoms with van der Waals surface area (Å²) in [7, 11) is -2.35. The van der Waals surface area contributed by atoms with Gasteiger partial charge in [-0.15, -0.1) is 0 Å². The maximum atomic E-state index is 12.7. The Morgan fingerprint density at radius 3 is 2.53 bits per heavy atom. The van der Waals surface area contributed by atoms with Gasteiger partial charge in [0.05, 0.1) is 13.7 Å². The summed E-state index contributed by atoms with van der Waals surface area (Å²) < 4.78 is 38.8. The maximum Gasteiger partial charge on any atom is 0.251 e. The van der Waals surface area contributed by atoms with E-state index < -0.39 is 10.0 Å². The second-order valence-electron chi connectivity index (χ2n) is 8.56. The Labute approximate surface area is 199 Å². The minimum Gasteiger partial charge on any atom is -0.495 e. The first-order valence-electron chi connectivity index (χ1n) is 11.3. The van der Waals surface area contributed by atoms with Crippen LogP contribution in [0.15, 0.2) is 65.6 Å². The number of hydrogen-bond acceptors (Lipinski definition) is 5. The summed E-state index contributed by atoms with van der Waals surface area (Å²) in [5.41, 5.74) is 4.65. The number of rotatable bonds is 8. The number of sulfonamides is 1. The first-order valence-corrected chi connectivity index (χ1v) is 12.7. The molecule has 2 aliphatic rings. The van der Waals surface area contributed by atoms with E-state index in [2.05, 4.69) is 16.1 Å². The molecule has 1 amide bonds. The molecule has 1 heterocycles. The molecule has 1 aliphatic heterocycles. The van der Waals surface area contributed by atoms with Gasteiger partial charge in [0, 0.05) is 24.6 Å². The van der Waals surface area contributed by atoms with Gasteiger partial charge in [-0.2, -0.15) is 0 Å². The Kier molecular flexibility index (Phi) is 6.02. The van der Waals surface area contributed by atoms with Crippen LogP contribution in [0, 0.1) is 0 Å². The number of methoxy groups -OCH3 is 1. The van der Waals surface area contributed by atoms with Gasteiger partial charge in [0.1, 0.15) is 16.4 Å². The van der Waals surface area contributed by atoms with Gasteiger partial charge in [-0.3, -0.25) is 4.79 Å². The van der Waals surface area contributed by atoms with Crippen LogP contribution in [-0.4, -0.2) is 34.1 Å². The van der Waals surface area contributed by atoms with Crippen molar-refractivity contribution in [3.8, 4) is 22.6 Å². The number of fused-ring (bicyclic) bond motifs is 1. The van der Waals surface area contributed by atoms with Gasteiger partial charge < -0.3 is 14.8 Å². The van der Waals surface area contributed by atoms with Crippen molar-refractivity contribution < 1.29 is 22.7 Å². The van der Waals surface area contributed by atoms with Crippen LogP contribution in [0.25, 0.3) is 11.1 Å². The average Bonchev–Trinajstić information content (AvgIpc) is 3.53. The highest BCUT2D eigenvalue weighted by atomic mass is 32.2. The minimum absolute atomic E-state index is 0.0290. The van der Waals surface area contributed by atoms with Gasteiger partial charge >= 0.3 is 0 Å². The van der Waals surface area contributed by atoms with Crippen molar-refractivity contribution in [1.29, 1.82) is 0 Å². The van der Waals surface area contributed by atoms with Crippen LogP contribution < -0.4 is 19.5 Å². The van der Waals surface area contributed by atoms with E-state index >= 15 is 0 Å². The molecule has 0 spiro atoms. The minimum atomic E-state index is -3.76. The number of carbonyl (C=O) groups excluding carboxylic acids is 1. The van der Waals surface area contributed by atoms with Gasteiger partial charge in [-0.25, -0.2) is 13.1 Å². The number of carbonyl (C=O) groups is 1. The van der Waals surface area contributed by atoms with E-state index in [4.69, 9.17) is 9.47 Å². The number of amides is 1. The van der Waals surface area contributed by atoms with Gasteiger partial charge in [0.25, 0.3) is 5.91 Å². The van der Waals surface area contributed by atoms with Gasteiger partial charge in [0.15, 0.2) is 0 Å². The predicted octanol–water partition coefficient (Wildman–Crippen LogP) is 3.67. The first kappa shape index (κ1) is 22.4. The van der Waals surface area contributed by atoms with Gasteiger partial charge in [-0.05, 0) is 65.4 Å². The smallest absolute Gasteiger partial charge is 0.251 e. The number of nitrogens with one attached hydrogen (secondary N) is 2. The van der Waals surface area contributed by atoms with E-state index in [1.807, 2.05) is 36.4 Å². The molecule has 0 bridgehead atoms. The fraction of sp³-hybridized carbons (Fsp3) is 0.269. The second-order valence-corrected chi connectivity index (χ2v) is 10.2. The van der Waals surface area contributed by atoms with Gasteiger partial charge in [0.2, 0.25) is 10.0 Å². The fourth-order valence-electron chi connectivity index (χ4n) is 3.98. The van der Waals surface area contributed by atoms with Crippen LogP contribution in [0.3, 0.4) is 0 Å². The van der Waals surface area contributed by atoms with Crippen LogP contribution in [0.5, 0.6) is 11.5 Å². The summed E-state index contributed by atoms with van der Waals surface area (Å²) in [5, 5.41) is 2.87. The summed E-state index contributed by atoms with van der Waals surface area (Å²) in [6, 6.07) is 18.6. The van der Waals surface area contributed by atoms with Crippen LogP contribution in [0.2, 0.25) is 0 Å². The third kappa shape index (κ3) is 4.78. The standard InChI is InChI=1S/C26H26N2O5S/c1-32-24-11-7-21(15-25(24)34(30,31)28-22-8-9-22)26(29)27-16-17-2-4-18(5-3-17)19-6-10-23-20(14-19)12-13-33-23/h2-7,10-11,14-15,22,28H,8-9,12-13,16H2,1H3,(H,27,29). The van der Waals surface area contributed by atoms with Crippen LogP contribution in [-0.2, 0) is 23.0 Å². The Morgan fingerprint density at radius 2 is 1.79 bits per heavy atom. The molecule has 2 N–H and O–H groups in total. The molecule has 0 saturated heterocycles. The SMILES string of the molecule is COc1ccc(C(=O)NCc2ccc(-c3ccc4c(c3)CCO4)cc2)cc1S(=O)(=O)NC1CC1. The van der Waals surface area contributed by atoms with E-state index in [9.17, 15) is 13.2 Å². The van der Waals surface area contributed by atoms with Crippen molar-refractivity contribution in [2.75, 3.05) is 13.7 Å². The van der Waals surface area contributed by atoms with Crippen LogP contribution >= 0.6 is 0 Å². The maximum absolute atomic E-state index is 12.7. The Morgan fingerprint density at radius 1 is 1.03 bits per heavy atom. The van der Waals surface area contributed by atoms with Crippen LogP contribution in [0.4, 0.5) is 0 Å². The zero-order chi connectivity index (χ0) is 23.7. The molecule has 0 atom stereocenters. The Balaban J connectivity index is 1.26. The third-order valence-electron chi connectivity index (χ3n) is 6.04. The van der Waals surface area contributed by atoms with Crippen molar-refractivity contribution in [1.82, 2.24) is 10.0 Å². The quantitative estimate of drug-likeness (QED) is 0.515. The monoisotopic (exact) mass is 478 g/mol. The summed E-state index contributed by atoms with van der Waals surface area (Å²) in [4.78, 5) is 12.7. The third-order valence-corrected chi connectivity index (χ3v) is 7.59. The Hall–Kier alpha value is -3.36. The highest BCUT2D eigenvalue weighted by molar-refractivity contribution is 7.89. The molecule has 34 heavy (non-hydrogen) atoms. The van der Waals surface area contributed by atoms with E-state index in [-0.39, 0.29) is 28.2 Å². The summed E-state index contributed by atoms with van der Waals surface area (Å²) in [6.07, 6.45) is 2.57. The topological polar surface area (TPSA) is 93.7 Å². The molecular formula is C26H26N2O5S. The summed E-state index contributed by atoms with van der Waals surface area (Å²) in [6.45, 7) is 1.06. The number of hydrogen-bond donors (Lipinski definition) is 2. The summed E-state index contributed by atoms with van der Waals surface area (Å²) in [5.74, 6) is 0.813. The largest absolute Gasteiger partial charge is 0.495 e. The normalized spacial score (nSPS) is 14.9. The molecule has 1 saturated carbocycles. The molecule has 3 aromatic carbocycles. The lowest BCUT2D eigenvalue weighted by Crippen LogP contribution is -2.27. The molecule has 5 rings (SSSR count). The number of ether oxygens (including phenoxy) is 2. The Bertz CT molecular complexity index is 1330. The van der Waals surface area contributed by atoms with Crippen molar-refractivity contribution >= 4 is 15.9 Å². The molecule has 0 unspecified atom stereocenters. The molecule has 3 aromatic rings. The van der Waals surface area contributed by atoms with Gasteiger partial charge in [-0.1, -0.05) is 30.3 Å². The first-order chi connectivity index (χ1) is 16.4. The fourth-order valence-corrected chi connectivity index (χ4v) is 5.48. The van der Waals surface area contributed by atoms with E-state index in [1.165, 1.54) is 24.8 Å². The van der Waals surface area contributed by atoms with Crippen molar-refractivity contribution in [3.05, 3.63) is 77.4 Å². The zero-order valence-corrected chi connectivity index (χ0v) is 19.7. The molecule has 1 aliphatic carbocycles. The van der Waals surface area contributed by atoms with E-state index in [1.54, 1.807) is 6.07 Å². The summed E-state index contributed by atoms with van der Waals surface area (Å²) >= 11 is 0. The molecule has 0 aromatic heterocycles. The van der Waals surface area contributed by atoms with Crippen molar-refractivity contribution in [2.45, 2.75) is 36.7 Å². The molecule has 7 nitrogen and oxygen atoms in total. The lowest BCUT2D eigenvalue weighted by molar-refractivity contribution is 0.0950.